The predicted molar refractivity (Wildman–Crippen MR) is 133 cm³/mol. The maximum Gasteiger partial charge on any atom is 0.181 e. The molecule has 1 atom stereocenters. The number of hydrogen-bond donors (Lipinski definition) is 0. The molecule has 0 saturated carbocycles. The Kier molecular flexibility index (Phi) is 6.11. The molecule has 7 nitrogen and oxygen atoms in total. The van der Waals surface area contributed by atoms with Crippen molar-refractivity contribution in [3.63, 3.8) is 0 Å². The van der Waals surface area contributed by atoms with Crippen molar-refractivity contribution in [2.45, 2.75) is 51.4 Å². The van der Waals surface area contributed by atoms with Gasteiger partial charge in [0, 0.05) is 30.7 Å². The molecule has 3 aromatic heterocycles. The summed E-state index contributed by atoms with van der Waals surface area (Å²) in [5.41, 5.74) is 3.95. The Morgan fingerprint density at radius 1 is 1.21 bits per heavy atom. The van der Waals surface area contributed by atoms with Crippen LogP contribution in [-0.2, 0) is 17.9 Å². The van der Waals surface area contributed by atoms with Crippen LogP contribution in [0, 0.1) is 0 Å². The van der Waals surface area contributed by atoms with Crippen molar-refractivity contribution in [1.29, 1.82) is 0 Å². The van der Waals surface area contributed by atoms with Gasteiger partial charge in [-0.15, -0.1) is 0 Å². The molecule has 33 heavy (non-hydrogen) atoms. The lowest BCUT2D eigenvalue weighted by Gasteiger charge is -2.15. The van der Waals surface area contributed by atoms with E-state index in [1.54, 1.807) is 6.20 Å². The molecular weight excluding hydrogens is 500 g/mol. The van der Waals surface area contributed by atoms with E-state index >= 15 is 0 Å². The molecule has 4 aromatic rings. The number of nitrogens with zero attached hydrogens (tertiary/aromatic N) is 4. The SMILES string of the molecule is C[Si](C)(C)CCOCn1nc(-c2cnco2)c2cc(OC3CCc4cc(Br)cnc43)ccc21. The minimum atomic E-state index is -1.14. The van der Waals surface area contributed by atoms with E-state index in [-0.39, 0.29) is 6.10 Å². The zero-order valence-electron chi connectivity index (χ0n) is 19.0. The fourth-order valence-electron chi connectivity index (χ4n) is 4.06. The van der Waals surface area contributed by atoms with Crippen molar-refractivity contribution >= 4 is 34.9 Å². The number of benzene rings is 1. The Hall–Kier alpha value is -2.49. The molecule has 0 radical (unpaired) electrons. The first-order chi connectivity index (χ1) is 15.9. The number of hydrogen-bond acceptors (Lipinski definition) is 6. The van der Waals surface area contributed by atoms with E-state index in [9.17, 15) is 0 Å². The molecule has 0 amide bonds. The summed E-state index contributed by atoms with van der Waals surface area (Å²) in [6.45, 7) is 8.17. The van der Waals surface area contributed by atoms with Gasteiger partial charge in [-0.2, -0.15) is 5.10 Å². The molecule has 172 valence electrons. The normalized spacial score (nSPS) is 15.8. The maximum atomic E-state index is 6.38. The second kappa shape index (κ2) is 9.04. The van der Waals surface area contributed by atoms with Gasteiger partial charge in [0.25, 0.3) is 0 Å². The van der Waals surface area contributed by atoms with Gasteiger partial charge in [-0.1, -0.05) is 19.6 Å². The van der Waals surface area contributed by atoms with Crippen LogP contribution in [0.25, 0.3) is 22.4 Å². The lowest BCUT2D eigenvalue weighted by Crippen LogP contribution is -2.22. The average molecular weight is 527 g/mol. The molecule has 3 heterocycles. The summed E-state index contributed by atoms with van der Waals surface area (Å²) >= 11 is 3.50. The third-order valence-corrected chi connectivity index (χ3v) is 7.96. The molecule has 1 aliphatic rings. The fourth-order valence-corrected chi connectivity index (χ4v) is 5.19. The van der Waals surface area contributed by atoms with Crippen molar-refractivity contribution in [2.75, 3.05) is 6.61 Å². The highest BCUT2D eigenvalue weighted by Gasteiger charge is 2.26. The summed E-state index contributed by atoms with van der Waals surface area (Å²) in [5, 5.41) is 5.72. The van der Waals surface area contributed by atoms with Gasteiger partial charge >= 0.3 is 0 Å². The van der Waals surface area contributed by atoms with Gasteiger partial charge in [-0.25, -0.2) is 9.67 Å². The predicted octanol–water partition coefficient (Wildman–Crippen LogP) is 6.23. The van der Waals surface area contributed by atoms with Crippen molar-refractivity contribution in [3.05, 3.63) is 58.8 Å². The number of halogens is 1. The van der Waals surface area contributed by atoms with E-state index in [4.69, 9.17) is 19.0 Å². The van der Waals surface area contributed by atoms with Crippen molar-refractivity contribution in [2.24, 2.45) is 0 Å². The molecule has 9 heteroatoms. The molecule has 5 rings (SSSR count). The van der Waals surface area contributed by atoms with Crippen molar-refractivity contribution in [1.82, 2.24) is 19.7 Å². The van der Waals surface area contributed by atoms with Crippen LogP contribution in [0.2, 0.25) is 25.7 Å². The van der Waals surface area contributed by atoms with E-state index < -0.39 is 8.07 Å². The third-order valence-electron chi connectivity index (χ3n) is 5.82. The highest BCUT2D eigenvalue weighted by atomic mass is 79.9. The Morgan fingerprint density at radius 2 is 2.09 bits per heavy atom. The molecule has 0 N–H and O–H groups in total. The number of pyridine rings is 1. The number of aryl methyl sites for hydroxylation is 1. The molecular formula is C24H27BrN4O3Si. The highest BCUT2D eigenvalue weighted by Crippen LogP contribution is 2.37. The van der Waals surface area contributed by atoms with Crippen molar-refractivity contribution < 1.29 is 13.9 Å². The molecule has 0 fully saturated rings. The monoisotopic (exact) mass is 526 g/mol. The van der Waals surface area contributed by atoms with Crippen LogP contribution >= 0.6 is 15.9 Å². The van der Waals surface area contributed by atoms with E-state index in [1.165, 1.54) is 12.0 Å². The highest BCUT2D eigenvalue weighted by molar-refractivity contribution is 9.10. The second-order valence-electron chi connectivity index (χ2n) is 9.58. The molecule has 1 unspecified atom stereocenters. The zero-order chi connectivity index (χ0) is 23.0. The van der Waals surface area contributed by atoms with Crippen LogP contribution in [0.5, 0.6) is 5.75 Å². The Labute approximate surface area is 202 Å². The second-order valence-corrected chi connectivity index (χ2v) is 16.1. The van der Waals surface area contributed by atoms with Crippen LogP contribution in [0.3, 0.4) is 0 Å². The number of rotatable bonds is 8. The van der Waals surface area contributed by atoms with E-state index in [0.717, 1.165) is 58.0 Å². The Balaban J connectivity index is 1.42. The van der Waals surface area contributed by atoms with Crippen LogP contribution < -0.4 is 4.74 Å². The summed E-state index contributed by atoms with van der Waals surface area (Å²) in [7, 11) is -1.14. The van der Waals surface area contributed by atoms with Crippen LogP contribution in [-0.4, -0.2) is 34.4 Å². The van der Waals surface area contributed by atoms with Gasteiger partial charge in [-0.05, 0) is 64.6 Å². The largest absolute Gasteiger partial charge is 0.484 e. The summed E-state index contributed by atoms with van der Waals surface area (Å²) in [6, 6.07) is 9.29. The third kappa shape index (κ3) is 4.90. The molecule has 1 aromatic carbocycles. The quantitative estimate of drug-likeness (QED) is 0.200. The smallest absolute Gasteiger partial charge is 0.181 e. The van der Waals surface area contributed by atoms with Crippen molar-refractivity contribution in [3.8, 4) is 17.2 Å². The number of fused-ring (bicyclic) bond motifs is 2. The average Bonchev–Trinajstić information content (AvgIpc) is 3.50. The zero-order valence-corrected chi connectivity index (χ0v) is 21.6. The lowest BCUT2D eigenvalue weighted by molar-refractivity contribution is 0.0818. The number of aromatic nitrogens is 4. The van der Waals surface area contributed by atoms with Crippen LogP contribution in [0.4, 0.5) is 0 Å². The minimum Gasteiger partial charge on any atom is -0.484 e. The Morgan fingerprint density at radius 3 is 2.88 bits per heavy atom. The van der Waals surface area contributed by atoms with Crippen LogP contribution in [0.1, 0.15) is 23.8 Å². The Bertz CT molecular complexity index is 1270. The molecule has 0 aliphatic heterocycles. The number of ether oxygens (including phenoxy) is 2. The summed E-state index contributed by atoms with van der Waals surface area (Å²) < 4.78 is 20.8. The first kappa shape index (κ1) is 22.3. The minimum absolute atomic E-state index is 0.0563. The van der Waals surface area contributed by atoms with Crippen LogP contribution in [0.15, 0.2) is 51.9 Å². The first-order valence-corrected chi connectivity index (χ1v) is 15.7. The topological polar surface area (TPSA) is 75.2 Å². The summed E-state index contributed by atoms with van der Waals surface area (Å²) in [6.07, 6.45) is 6.75. The number of oxazole rings is 1. The van der Waals surface area contributed by atoms with E-state index in [0.29, 0.717) is 12.5 Å². The first-order valence-electron chi connectivity index (χ1n) is 11.2. The molecule has 0 spiro atoms. The van der Waals surface area contributed by atoms with Gasteiger partial charge in [0.15, 0.2) is 12.2 Å². The fraction of sp³-hybridized carbons (Fsp3) is 0.375. The van der Waals surface area contributed by atoms with Gasteiger partial charge in [0.05, 0.1) is 17.4 Å². The molecule has 0 bridgehead atoms. The molecule has 1 aliphatic carbocycles. The summed E-state index contributed by atoms with van der Waals surface area (Å²) in [5.74, 6) is 1.40. The standard InChI is InChI=1S/C24H27BrN4O3Si/c1-33(2,3)9-8-30-15-29-20-6-5-18(11-19(20)24(28-29)22-13-26-14-31-22)32-21-7-4-16-10-17(25)12-27-23(16)21/h5-6,10-14,21H,4,7-9,15H2,1-3H3. The van der Waals surface area contributed by atoms with E-state index in [2.05, 4.69) is 51.6 Å². The van der Waals surface area contributed by atoms with Gasteiger partial charge < -0.3 is 13.9 Å². The van der Waals surface area contributed by atoms with E-state index in [1.807, 2.05) is 29.1 Å². The maximum absolute atomic E-state index is 6.38. The van der Waals surface area contributed by atoms with Gasteiger partial charge in [0.2, 0.25) is 0 Å². The molecule has 0 saturated heterocycles. The van der Waals surface area contributed by atoms with Gasteiger partial charge in [0.1, 0.15) is 24.3 Å². The lowest BCUT2D eigenvalue weighted by atomic mass is 10.1. The summed E-state index contributed by atoms with van der Waals surface area (Å²) in [4.78, 5) is 8.66. The van der Waals surface area contributed by atoms with Gasteiger partial charge in [-0.3, -0.25) is 4.98 Å².